The highest BCUT2D eigenvalue weighted by Gasteiger charge is 2.25. The third-order valence-corrected chi connectivity index (χ3v) is 5.07. The second-order valence-electron chi connectivity index (χ2n) is 6.62. The molecule has 0 bridgehead atoms. The second-order valence-corrected chi connectivity index (χ2v) is 7.03. The van der Waals surface area contributed by atoms with Gasteiger partial charge in [-0.3, -0.25) is 4.57 Å². The van der Waals surface area contributed by atoms with Crippen LogP contribution in [-0.2, 0) is 0 Å². The number of benzene rings is 2. The predicted molar refractivity (Wildman–Crippen MR) is 104 cm³/mol. The molecule has 2 aromatic carbocycles. The Morgan fingerprint density at radius 1 is 1.19 bits per heavy atom. The van der Waals surface area contributed by atoms with E-state index in [2.05, 4.69) is 27.6 Å². The summed E-state index contributed by atoms with van der Waals surface area (Å²) in [5.41, 5.74) is 2.84. The molecule has 27 heavy (non-hydrogen) atoms. The van der Waals surface area contributed by atoms with Crippen molar-refractivity contribution in [2.45, 2.75) is 18.8 Å². The molecule has 6 nitrogen and oxygen atoms in total. The number of halogens is 1. The largest absolute Gasteiger partial charge is 0.363 e. The Morgan fingerprint density at radius 2 is 2.04 bits per heavy atom. The molecule has 5 rings (SSSR count). The monoisotopic (exact) mass is 378 g/mol. The average molecular weight is 379 g/mol. The third-order valence-electron chi connectivity index (χ3n) is 4.75. The molecular formula is C20H15ClN4O2. The van der Waals surface area contributed by atoms with E-state index in [0.29, 0.717) is 28.1 Å². The van der Waals surface area contributed by atoms with Crippen LogP contribution in [0.1, 0.15) is 24.3 Å². The summed E-state index contributed by atoms with van der Waals surface area (Å²) in [4.78, 5) is 17.2. The SMILES string of the molecule is O=c1nc(Nc2cnoc2)c2ccc(C3CC3)cc2n1-c1ccccc1Cl. The summed E-state index contributed by atoms with van der Waals surface area (Å²) in [6.45, 7) is 0. The summed E-state index contributed by atoms with van der Waals surface area (Å²) in [6, 6.07) is 13.4. The molecular weight excluding hydrogens is 364 g/mol. The van der Waals surface area contributed by atoms with Crippen molar-refractivity contribution in [1.82, 2.24) is 14.7 Å². The van der Waals surface area contributed by atoms with E-state index >= 15 is 0 Å². The quantitative estimate of drug-likeness (QED) is 0.559. The molecule has 0 atom stereocenters. The van der Waals surface area contributed by atoms with Crippen molar-refractivity contribution in [3.05, 3.63) is 76.0 Å². The van der Waals surface area contributed by atoms with Crippen LogP contribution < -0.4 is 11.0 Å². The van der Waals surface area contributed by atoms with Crippen LogP contribution in [0, 0.1) is 0 Å². The number of nitrogens with one attached hydrogen (secondary N) is 1. The number of fused-ring (bicyclic) bond motifs is 1. The van der Waals surface area contributed by atoms with Gasteiger partial charge >= 0.3 is 5.69 Å². The zero-order chi connectivity index (χ0) is 18.4. The molecule has 7 heteroatoms. The van der Waals surface area contributed by atoms with Crippen molar-refractivity contribution in [1.29, 1.82) is 0 Å². The molecule has 134 valence electrons. The molecule has 2 heterocycles. The molecule has 0 unspecified atom stereocenters. The Hall–Kier alpha value is -3.12. The maximum absolute atomic E-state index is 12.9. The fraction of sp³-hybridized carbons (Fsp3) is 0.150. The lowest BCUT2D eigenvalue weighted by Crippen LogP contribution is -2.23. The first kappa shape index (κ1) is 16.1. The fourth-order valence-electron chi connectivity index (χ4n) is 3.28. The van der Waals surface area contributed by atoms with E-state index in [9.17, 15) is 4.79 Å². The van der Waals surface area contributed by atoms with Gasteiger partial charge < -0.3 is 9.84 Å². The van der Waals surface area contributed by atoms with Crippen LogP contribution in [0.5, 0.6) is 0 Å². The summed E-state index contributed by atoms with van der Waals surface area (Å²) >= 11 is 6.38. The van der Waals surface area contributed by atoms with Crippen molar-refractivity contribution < 1.29 is 4.52 Å². The van der Waals surface area contributed by atoms with Gasteiger partial charge in [-0.15, -0.1) is 0 Å². The highest BCUT2D eigenvalue weighted by atomic mass is 35.5. The lowest BCUT2D eigenvalue weighted by molar-refractivity contribution is 0.420. The standard InChI is InChI=1S/C20H15ClN4O2/c21-16-3-1-2-4-17(16)25-18-9-13(12-5-6-12)7-8-15(18)19(24-20(25)26)23-14-10-22-27-11-14/h1-4,7-12H,5-6H2,(H,23,24,26). The zero-order valence-corrected chi connectivity index (χ0v) is 15.0. The summed E-state index contributed by atoms with van der Waals surface area (Å²) in [5, 5.41) is 8.11. The van der Waals surface area contributed by atoms with Crippen LogP contribution in [0.2, 0.25) is 5.02 Å². The third kappa shape index (κ3) is 2.88. The summed E-state index contributed by atoms with van der Waals surface area (Å²) in [6.07, 6.45) is 5.36. The lowest BCUT2D eigenvalue weighted by Gasteiger charge is -2.15. The van der Waals surface area contributed by atoms with Gasteiger partial charge in [0, 0.05) is 5.39 Å². The van der Waals surface area contributed by atoms with Crippen molar-refractivity contribution in [3.63, 3.8) is 0 Å². The summed E-state index contributed by atoms with van der Waals surface area (Å²) in [5.74, 6) is 1.02. The second kappa shape index (κ2) is 6.25. The maximum Gasteiger partial charge on any atom is 0.354 e. The van der Waals surface area contributed by atoms with Crippen molar-refractivity contribution in [2.75, 3.05) is 5.32 Å². The van der Waals surface area contributed by atoms with Gasteiger partial charge in [-0.1, -0.05) is 35.0 Å². The molecule has 1 saturated carbocycles. The molecule has 1 aliphatic rings. The molecule has 1 N–H and O–H groups in total. The van der Waals surface area contributed by atoms with Crippen LogP contribution in [0.15, 0.2) is 64.2 Å². The Balaban J connectivity index is 1.79. The number of anilines is 2. The van der Waals surface area contributed by atoms with Gasteiger partial charge in [0.25, 0.3) is 0 Å². The Kier molecular flexibility index (Phi) is 3.72. The molecule has 0 amide bonds. The Bertz CT molecular complexity index is 1200. The average Bonchev–Trinajstić information content (AvgIpc) is 3.40. The Morgan fingerprint density at radius 3 is 2.78 bits per heavy atom. The highest BCUT2D eigenvalue weighted by Crippen LogP contribution is 2.41. The number of rotatable bonds is 4. The highest BCUT2D eigenvalue weighted by molar-refractivity contribution is 6.32. The van der Waals surface area contributed by atoms with Gasteiger partial charge in [-0.2, -0.15) is 4.98 Å². The van der Waals surface area contributed by atoms with Crippen LogP contribution in [-0.4, -0.2) is 14.7 Å². The van der Waals surface area contributed by atoms with Crippen LogP contribution in [0.25, 0.3) is 16.6 Å². The molecule has 2 aromatic heterocycles. The lowest BCUT2D eigenvalue weighted by atomic mass is 10.1. The van der Waals surface area contributed by atoms with Gasteiger partial charge in [0.15, 0.2) is 0 Å². The normalized spacial score (nSPS) is 13.8. The molecule has 0 radical (unpaired) electrons. The first-order chi connectivity index (χ1) is 13.2. The van der Waals surface area contributed by atoms with Gasteiger partial charge in [0.05, 0.1) is 22.4 Å². The summed E-state index contributed by atoms with van der Waals surface area (Å²) < 4.78 is 6.43. The molecule has 4 aromatic rings. The predicted octanol–water partition coefficient (Wildman–Crippen LogP) is 4.65. The van der Waals surface area contributed by atoms with Crippen molar-refractivity contribution in [2.24, 2.45) is 0 Å². The molecule has 0 aliphatic heterocycles. The molecule has 1 aliphatic carbocycles. The van der Waals surface area contributed by atoms with Crippen molar-refractivity contribution >= 4 is 34.0 Å². The summed E-state index contributed by atoms with van der Waals surface area (Å²) in [7, 11) is 0. The first-order valence-corrected chi connectivity index (χ1v) is 9.06. The Labute approximate surface area is 159 Å². The topological polar surface area (TPSA) is 73.0 Å². The number of hydrogen-bond acceptors (Lipinski definition) is 5. The molecule has 1 fully saturated rings. The van der Waals surface area contributed by atoms with E-state index in [1.165, 1.54) is 30.9 Å². The number of hydrogen-bond donors (Lipinski definition) is 1. The van der Waals surface area contributed by atoms with E-state index in [4.69, 9.17) is 16.1 Å². The minimum Gasteiger partial charge on any atom is -0.363 e. The van der Waals surface area contributed by atoms with E-state index in [1.54, 1.807) is 10.6 Å². The van der Waals surface area contributed by atoms with Gasteiger partial charge in [0.2, 0.25) is 0 Å². The van der Waals surface area contributed by atoms with Crippen molar-refractivity contribution in [3.8, 4) is 5.69 Å². The first-order valence-electron chi connectivity index (χ1n) is 8.69. The van der Waals surface area contributed by atoms with Crippen LogP contribution >= 0.6 is 11.6 Å². The molecule has 0 spiro atoms. The van der Waals surface area contributed by atoms with E-state index in [1.807, 2.05) is 24.3 Å². The minimum atomic E-state index is -0.400. The van der Waals surface area contributed by atoms with Gasteiger partial charge in [0.1, 0.15) is 17.8 Å². The smallest absolute Gasteiger partial charge is 0.354 e. The van der Waals surface area contributed by atoms with Gasteiger partial charge in [-0.25, -0.2) is 4.79 Å². The molecule has 0 saturated heterocycles. The number of nitrogens with zero attached hydrogens (tertiary/aromatic N) is 3. The van der Waals surface area contributed by atoms with Crippen LogP contribution in [0.3, 0.4) is 0 Å². The zero-order valence-electron chi connectivity index (χ0n) is 14.2. The number of para-hydroxylation sites is 1. The fourth-order valence-corrected chi connectivity index (χ4v) is 3.50. The van der Waals surface area contributed by atoms with E-state index < -0.39 is 5.69 Å². The van der Waals surface area contributed by atoms with Gasteiger partial charge in [-0.05, 0) is 48.6 Å². The maximum atomic E-state index is 12.9. The minimum absolute atomic E-state index is 0.400. The van der Waals surface area contributed by atoms with Crippen LogP contribution in [0.4, 0.5) is 11.5 Å². The van der Waals surface area contributed by atoms with E-state index in [0.717, 1.165) is 10.9 Å². The van der Waals surface area contributed by atoms with E-state index in [-0.39, 0.29) is 0 Å². The number of aromatic nitrogens is 3.